The van der Waals surface area contributed by atoms with Gasteiger partial charge in [0.15, 0.2) is 5.76 Å². The van der Waals surface area contributed by atoms with E-state index < -0.39 is 29.6 Å². The minimum absolute atomic E-state index is 0.0246. The van der Waals surface area contributed by atoms with Crippen LogP contribution in [0, 0.1) is 5.92 Å². The molecule has 0 bridgehead atoms. The van der Waals surface area contributed by atoms with Gasteiger partial charge < -0.3 is 25.3 Å². The molecule has 0 spiro atoms. The monoisotopic (exact) mass is 545 g/mol. The zero-order valence-electron chi connectivity index (χ0n) is 22.8. The molecule has 1 heterocycles. The number of unbranched alkanes of at least 4 members (excludes halogenated alkanes) is 3. The van der Waals surface area contributed by atoms with Crippen molar-refractivity contribution in [2.75, 3.05) is 13.3 Å². The van der Waals surface area contributed by atoms with Gasteiger partial charge in [0.05, 0.1) is 25.2 Å². The van der Waals surface area contributed by atoms with Crippen LogP contribution in [0.25, 0.3) is 11.3 Å². The molecule has 0 aliphatic rings. The molecule has 2 atom stereocenters. The summed E-state index contributed by atoms with van der Waals surface area (Å²) in [5, 5.41) is 25.5. The first-order valence-corrected chi connectivity index (χ1v) is 13.4. The quantitative estimate of drug-likeness (QED) is 0.0933. The number of nitrogens with zero attached hydrogens (tertiary/aromatic N) is 1. The Hall–Kier alpha value is -3.86. The van der Waals surface area contributed by atoms with Gasteiger partial charge in [-0.3, -0.25) is 19.2 Å². The van der Waals surface area contributed by atoms with Gasteiger partial charge in [-0.1, -0.05) is 52.5 Å². The molecule has 3 amide bonds. The molecule has 0 aliphatic carbocycles. The molecule has 2 aromatic rings. The first-order valence-electron chi connectivity index (χ1n) is 13.4. The highest BCUT2D eigenvalue weighted by Gasteiger charge is 2.32. The summed E-state index contributed by atoms with van der Waals surface area (Å²) in [4.78, 5) is 54.2. The van der Waals surface area contributed by atoms with Gasteiger partial charge in [0.25, 0.3) is 5.91 Å². The van der Waals surface area contributed by atoms with Gasteiger partial charge in [0, 0.05) is 5.56 Å². The van der Waals surface area contributed by atoms with Crippen molar-refractivity contribution in [3.8, 4) is 17.1 Å². The van der Waals surface area contributed by atoms with Crippen LogP contribution in [0.5, 0.6) is 5.75 Å². The molecular weight excluding hydrogens is 506 g/mol. The number of carboxylic acids is 1. The normalized spacial score (nSPS) is 12.4. The van der Waals surface area contributed by atoms with E-state index in [2.05, 4.69) is 17.6 Å². The Morgan fingerprint density at radius 2 is 1.79 bits per heavy atom. The standard InChI is InChI=1S/C28H39N3O8/c1-4-7-9-10-20(22(6-3)31(18-32)38-15-8-5-2)26(34)29-17-30-27(35)25-14-13-24(39-25)19-11-12-21(28(36)37)23(33)16-19/h11-14,16,18,20,22,33H,4-10,15,17H2,1-3H3,(H,29,34)(H,30,35)(H,36,37)/t20-,22-/m1/s1. The number of hydroxylamine groups is 2. The largest absolute Gasteiger partial charge is 0.507 e. The molecule has 2 rings (SSSR count). The lowest BCUT2D eigenvalue weighted by atomic mass is 9.90. The van der Waals surface area contributed by atoms with Crippen molar-refractivity contribution >= 4 is 24.2 Å². The Morgan fingerprint density at radius 1 is 1.05 bits per heavy atom. The van der Waals surface area contributed by atoms with Crippen LogP contribution in [0.2, 0.25) is 0 Å². The van der Waals surface area contributed by atoms with Crippen molar-refractivity contribution in [3.63, 3.8) is 0 Å². The smallest absolute Gasteiger partial charge is 0.339 e. The van der Waals surface area contributed by atoms with Crippen LogP contribution in [0.1, 0.15) is 86.6 Å². The second-order valence-corrected chi connectivity index (χ2v) is 9.15. The third-order valence-corrected chi connectivity index (χ3v) is 6.36. The van der Waals surface area contributed by atoms with E-state index in [0.29, 0.717) is 31.4 Å². The van der Waals surface area contributed by atoms with Gasteiger partial charge in [-0.15, -0.1) is 0 Å². The summed E-state index contributed by atoms with van der Waals surface area (Å²) >= 11 is 0. The minimum Gasteiger partial charge on any atom is -0.507 e. The Bertz CT molecular complexity index is 1100. The Balaban J connectivity index is 2.02. The van der Waals surface area contributed by atoms with Crippen LogP contribution in [0.15, 0.2) is 34.7 Å². The Morgan fingerprint density at radius 3 is 2.41 bits per heavy atom. The Labute approximate surface area is 228 Å². The topological polar surface area (TPSA) is 158 Å². The molecule has 39 heavy (non-hydrogen) atoms. The minimum atomic E-state index is -1.26. The lowest BCUT2D eigenvalue weighted by Crippen LogP contribution is -2.48. The molecule has 0 saturated heterocycles. The van der Waals surface area contributed by atoms with E-state index in [-0.39, 0.29) is 29.7 Å². The number of aromatic carboxylic acids is 1. The van der Waals surface area contributed by atoms with Gasteiger partial charge >= 0.3 is 5.97 Å². The maximum Gasteiger partial charge on any atom is 0.339 e. The highest BCUT2D eigenvalue weighted by molar-refractivity contribution is 5.93. The SMILES string of the molecule is CCCCC[C@@H](C(=O)NCNC(=O)c1ccc(-c2ccc(C(=O)O)c(O)c2)o1)[C@@H](CC)N(C=O)OCCCC. The summed E-state index contributed by atoms with van der Waals surface area (Å²) in [6.45, 7) is 6.23. The fourth-order valence-electron chi connectivity index (χ4n) is 4.18. The summed E-state index contributed by atoms with van der Waals surface area (Å²) in [5.74, 6) is -2.83. The highest BCUT2D eigenvalue weighted by Crippen LogP contribution is 2.28. The summed E-state index contributed by atoms with van der Waals surface area (Å²) in [5.41, 5.74) is 0.146. The van der Waals surface area contributed by atoms with Crippen molar-refractivity contribution in [3.05, 3.63) is 41.7 Å². The number of nitrogens with one attached hydrogen (secondary N) is 2. The molecule has 0 aliphatic heterocycles. The first-order chi connectivity index (χ1) is 18.8. The van der Waals surface area contributed by atoms with Crippen molar-refractivity contribution in [2.24, 2.45) is 5.92 Å². The summed E-state index contributed by atoms with van der Waals surface area (Å²) in [7, 11) is 0. The van der Waals surface area contributed by atoms with Crippen LogP contribution in [-0.4, -0.2) is 58.8 Å². The lowest BCUT2D eigenvalue weighted by Gasteiger charge is -2.32. The molecule has 1 aromatic heterocycles. The van der Waals surface area contributed by atoms with Gasteiger partial charge in [-0.25, -0.2) is 9.86 Å². The maximum absolute atomic E-state index is 13.2. The first kappa shape index (κ1) is 31.4. The molecule has 11 heteroatoms. The molecule has 4 N–H and O–H groups in total. The zero-order valence-corrected chi connectivity index (χ0v) is 22.8. The molecule has 0 fully saturated rings. The second-order valence-electron chi connectivity index (χ2n) is 9.15. The van der Waals surface area contributed by atoms with Gasteiger partial charge in [0.2, 0.25) is 12.3 Å². The second kappa shape index (κ2) is 16.2. The molecule has 0 radical (unpaired) electrons. The highest BCUT2D eigenvalue weighted by atomic mass is 16.7. The van der Waals surface area contributed by atoms with Crippen molar-refractivity contribution in [2.45, 2.75) is 71.8 Å². The van der Waals surface area contributed by atoms with E-state index in [0.717, 1.165) is 32.1 Å². The molecular formula is C28H39N3O8. The number of benzene rings is 1. The van der Waals surface area contributed by atoms with Crippen molar-refractivity contribution in [1.82, 2.24) is 15.7 Å². The molecule has 1 aromatic carbocycles. The predicted octanol–water partition coefficient (Wildman–Crippen LogP) is 4.32. The van der Waals surface area contributed by atoms with Gasteiger partial charge in [0.1, 0.15) is 17.1 Å². The number of aromatic hydroxyl groups is 1. The van der Waals surface area contributed by atoms with Crippen LogP contribution in [-0.2, 0) is 14.4 Å². The number of carbonyl (C=O) groups is 4. The third-order valence-electron chi connectivity index (χ3n) is 6.36. The number of hydrogen-bond acceptors (Lipinski definition) is 7. The van der Waals surface area contributed by atoms with Crippen LogP contribution >= 0.6 is 0 Å². The number of phenols is 1. The van der Waals surface area contributed by atoms with Gasteiger partial charge in [-0.2, -0.15) is 0 Å². The van der Waals surface area contributed by atoms with Crippen molar-refractivity contribution < 1.29 is 38.6 Å². The average molecular weight is 546 g/mol. The summed E-state index contributed by atoms with van der Waals surface area (Å²) in [6.07, 6.45) is 6.18. The van der Waals surface area contributed by atoms with E-state index >= 15 is 0 Å². The summed E-state index contributed by atoms with van der Waals surface area (Å²) in [6, 6.07) is 6.45. The van der Waals surface area contributed by atoms with Crippen LogP contribution < -0.4 is 10.6 Å². The summed E-state index contributed by atoms with van der Waals surface area (Å²) < 4.78 is 5.56. The molecule has 0 unspecified atom stereocenters. The fraction of sp³-hybridized carbons (Fsp3) is 0.500. The Kier molecular flexibility index (Phi) is 13.0. The average Bonchev–Trinajstić information content (AvgIpc) is 3.42. The predicted molar refractivity (Wildman–Crippen MR) is 144 cm³/mol. The molecule has 0 saturated carbocycles. The van der Waals surface area contributed by atoms with E-state index in [1.807, 2.05) is 13.8 Å². The number of rotatable bonds is 18. The lowest BCUT2D eigenvalue weighted by molar-refractivity contribution is -0.195. The van der Waals surface area contributed by atoms with Crippen LogP contribution in [0.4, 0.5) is 0 Å². The molecule has 11 nitrogen and oxygen atoms in total. The zero-order chi connectivity index (χ0) is 28.8. The van der Waals surface area contributed by atoms with E-state index in [4.69, 9.17) is 14.4 Å². The number of amides is 3. The number of carboxylic acid groups (broad SMARTS) is 1. The number of carbonyl (C=O) groups excluding carboxylic acids is 3. The molecule has 214 valence electrons. The van der Waals surface area contributed by atoms with Gasteiger partial charge in [-0.05, 0) is 43.5 Å². The third kappa shape index (κ3) is 9.13. The maximum atomic E-state index is 13.2. The van der Waals surface area contributed by atoms with E-state index in [1.54, 1.807) is 0 Å². The number of hydrogen-bond donors (Lipinski definition) is 4. The number of furan rings is 1. The fourth-order valence-corrected chi connectivity index (χ4v) is 4.18. The van der Waals surface area contributed by atoms with Crippen molar-refractivity contribution in [1.29, 1.82) is 0 Å². The van der Waals surface area contributed by atoms with E-state index in [1.165, 1.54) is 35.4 Å². The van der Waals surface area contributed by atoms with E-state index in [9.17, 15) is 24.3 Å². The van der Waals surface area contributed by atoms with Crippen LogP contribution in [0.3, 0.4) is 0 Å².